The molecule has 0 bridgehead atoms. The summed E-state index contributed by atoms with van der Waals surface area (Å²) in [5.74, 6) is -0.119. The number of amides is 1. The normalized spacial score (nSPS) is 11.0. The molecule has 1 amide bonds. The number of rotatable bonds is 3. The minimum absolute atomic E-state index is 0.119. The molecule has 0 aliphatic heterocycles. The second-order valence-corrected chi connectivity index (χ2v) is 5.64. The molecule has 3 aromatic carbocycles. The Hall–Kier alpha value is -2.87. The van der Waals surface area contributed by atoms with Gasteiger partial charge in [-0.2, -0.15) is 0 Å². The van der Waals surface area contributed by atoms with Gasteiger partial charge in [0.1, 0.15) is 0 Å². The summed E-state index contributed by atoms with van der Waals surface area (Å²) < 4.78 is 0. The maximum absolute atomic E-state index is 12.2. The van der Waals surface area contributed by atoms with E-state index in [9.17, 15) is 4.79 Å². The van der Waals surface area contributed by atoms with Crippen molar-refractivity contribution in [2.24, 2.45) is 0 Å². The fourth-order valence-electron chi connectivity index (χ4n) is 2.62. The average molecular weight is 301 g/mol. The summed E-state index contributed by atoms with van der Waals surface area (Å²) in [5, 5.41) is 5.26. The Morgan fingerprint density at radius 2 is 1.65 bits per heavy atom. The van der Waals surface area contributed by atoms with Crippen LogP contribution in [0.25, 0.3) is 16.8 Å². The van der Waals surface area contributed by atoms with Gasteiger partial charge in [0.15, 0.2) is 0 Å². The van der Waals surface area contributed by atoms with E-state index in [4.69, 9.17) is 0 Å². The summed E-state index contributed by atoms with van der Waals surface area (Å²) in [5.41, 5.74) is 4.16. The molecular formula is C21H19NO. The fraction of sp³-hybridized carbons (Fsp3) is 0.0952. The zero-order valence-electron chi connectivity index (χ0n) is 13.3. The highest BCUT2D eigenvalue weighted by molar-refractivity contribution is 6.04. The Labute approximate surface area is 136 Å². The van der Waals surface area contributed by atoms with Gasteiger partial charge in [0, 0.05) is 11.8 Å². The number of hydrogen-bond acceptors (Lipinski definition) is 1. The van der Waals surface area contributed by atoms with Crippen LogP contribution in [0.2, 0.25) is 0 Å². The molecule has 0 aliphatic rings. The van der Waals surface area contributed by atoms with Crippen molar-refractivity contribution in [3.05, 3.63) is 83.4 Å². The van der Waals surface area contributed by atoms with E-state index in [1.54, 1.807) is 6.08 Å². The van der Waals surface area contributed by atoms with Gasteiger partial charge >= 0.3 is 0 Å². The number of nitrogens with one attached hydrogen (secondary N) is 1. The van der Waals surface area contributed by atoms with Crippen LogP contribution in [0, 0.1) is 13.8 Å². The molecule has 0 atom stereocenters. The standard InChI is InChI=1S/C21H19NO/c1-15-7-5-12-20(16(15)2)22-21(23)14-13-18-10-6-9-17-8-3-4-11-19(17)18/h3-14H,1-2H3,(H,22,23)/b14-13-. The Kier molecular flexibility index (Phi) is 4.24. The maximum Gasteiger partial charge on any atom is 0.248 e. The number of hydrogen-bond donors (Lipinski definition) is 1. The van der Waals surface area contributed by atoms with Crippen molar-refractivity contribution in [1.82, 2.24) is 0 Å². The first kappa shape index (κ1) is 15.0. The molecule has 2 nitrogen and oxygen atoms in total. The van der Waals surface area contributed by atoms with Gasteiger partial charge in [-0.1, -0.05) is 54.6 Å². The number of fused-ring (bicyclic) bond motifs is 1. The van der Waals surface area contributed by atoms with Crippen LogP contribution in [-0.2, 0) is 4.79 Å². The summed E-state index contributed by atoms with van der Waals surface area (Å²) >= 11 is 0. The first-order valence-electron chi connectivity index (χ1n) is 7.68. The molecule has 0 aromatic heterocycles. The average Bonchev–Trinajstić information content (AvgIpc) is 2.57. The van der Waals surface area contributed by atoms with Gasteiger partial charge in [0.05, 0.1) is 0 Å². The number of anilines is 1. The molecule has 0 fully saturated rings. The fourth-order valence-corrected chi connectivity index (χ4v) is 2.62. The molecule has 0 spiro atoms. The first-order valence-corrected chi connectivity index (χ1v) is 7.68. The third kappa shape index (κ3) is 3.32. The van der Waals surface area contributed by atoms with Crippen molar-refractivity contribution in [2.75, 3.05) is 5.32 Å². The van der Waals surface area contributed by atoms with Crippen molar-refractivity contribution in [3.8, 4) is 0 Å². The van der Waals surface area contributed by atoms with Crippen molar-refractivity contribution in [2.45, 2.75) is 13.8 Å². The van der Waals surface area contributed by atoms with E-state index in [0.29, 0.717) is 0 Å². The van der Waals surface area contributed by atoms with Gasteiger partial charge in [-0.3, -0.25) is 4.79 Å². The zero-order chi connectivity index (χ0) is 16.2. The first-order chi connectivity index (χ1) is 11.1. The lowest BCUT2D eigenvalue weighted by molar-refractivity contribution is -0.111. The van der Waals surface area contributed by atoms with Crippen LogP contribution >= 0.6 is 0 Å². The molecule has 0 saturated heterocycles. The maximum atomic E-state index is 12.2. The van der Waals surface area contributed by atoms with Gasteiger partial charge < -0.3 is 5.32 Å². The largest absolute Gasteiger partial charge is 0.322 e. The third-order valence-corrected chi connectivity index (χ3v) is 4.10. The van der Waals surface area contributed by atoms with E-state index in [1.165, 1.54) is 10.9 Å². The number of carbonyl (C=O) groups is 1. The molecule has 3 aromatic rings. The smallest absolute Gasteiger partial charge is 0.248 e. The van der Waals surface area contributed by atoms with E-state index in [0.717, 1.165) is 22.2 Å². The van der Waals surface area contributed by atoms with Crippen LogP contribution in [0.3, 0.4) is 0 Å². The minimum atomic E-state index is -0.119. The minimum Gasteiger partial charge on any atom is -0.322 e. The molecule has 2 heteroatoms. The molecule has 0 saturated carbocycles. The molecule has 1 N–H and O–H groups in total. The number of carbonyl (C=O) groups excluding carboxylic acids is 1. The van der Waals surface area contributed by atoms with Crippen molar-refractivity contribution in [1.29, 1.82) is 0 Å². The number of aryl methyl sites for hydroxylation is 1. The molecule has 0 heterocycles. The highest BCUT2D eigenvalue weighted by atomic mass is 16.1. The van der Waals surface area contributed by atoms with Crippen LogP contribution in [0.5, 0.6) is 0 Å². The molecule has 0 unspecified atom stereocenters. The van der Waals surface area contributed by atoms with E-state index < -0.39 is 0 Å². The zero-order valence-corrected chi connectivity index (χ0v) is 13.3. The SMILES string of the molecule is Cc1cccc(NC(=O)/C=C\c2cccc3ccccc23)c1C. The van der Waals surface area contributed by atoms with E-state index in [-0.39, 0.29) is 5.91 Å². The van der Waals surface area contributed by atoms with Crippen molar-refractivity contribution in [3.63, 3.8) is 0 Å². The van der Waals surface area contributed by atoms with Gasteiger partial charge in [-0.05, 0) is 53.5 Å². The summed E-state index contributed by atoms with van der Waals surface area (Å²) in [4.78, 5) is 12.2. The predicted molar refractivity (Wildman–Crippen MR) is 97.5 cm³/mol. The third-order valence-electron chi connectivity index (χ3n) is 4.10. The van der Waals surface area contributed by atoms with Crippen LogP contribution in [-0.4, -0.2) is 5.91 Å². The van der Waals surface area contributed by atoms with E-state index >= 15 is 0 Å². The molecule has 0 radical (unpaired) electrons. The van der Waals surface area contributed by atoms with Gasteiger partial charge in [-0.15, -0.1) is 0 Å². The van der Waals surface area contributed by atoms with Gasteiger partial charge in [0.25, 0.3) is 0 Å². The van der Waals surface area contributed by atoms with Gasteiger partial charge in [0.2, 0.25) is 5.91 Å². The lowest BCUT2D eigenvalue weighted by Gasteiger charge is -2.08. The van der Waals surface area contributed by atoms with Gasteiger partial charge in [-0.25, -0.2) is 0 Å². The van der Waals surface area contributed by atoms with Crippen LogP contribution in [0.1, 0.15) is 16.7 Å². The highest BCUT2D eigenvalue weighted by Gasteiger charge is 2.03. The quantitative estimate of drug-likeness (QED) is 0.669. The van der Waals surface area contributed by atoms with Crippen molar-refractivity contribution >= 4 is 28.4 Å². The Balaban J connectivity index is 1.82. The molecular weight excluding hydrogens is 282 g/mol. The van der Waals surface area contributed by atoms with Crippen LogP contribution in [0.15, 0.2) is 66.7 Å². The lowest BCUT2D eigenvalue weighted by Crippen LogP contribution is -2.09. The molecule has 114 valence electrons. The van der Waals surface area contributed by atoms with Crippen LogP contribution in [0.4, 0.5) is 5.69 Å². The molecule has 23 heavy (non-hydrogen) atoms. The monoisotopic (exact) mass is 301 g/mol. The second-order valence-electron chi connectivity index (χ2n) is 5.64. The van der Waals surface area contributed by atoms with E-state index in [1.807, 2.05) is 62.4 Å². The highest BCUT2D eigenvalue weighted by Crippen LogP contribution is 2.20. The number of benzene rings is 3. The van der Waals surface area contributed by atoms with Crippen LogP contribution < -0.4 is 5.32 Å². The predicted octanol–water partition coefficient (Wildman–Crippen LogP) is 5.11. The molecule has 0 aliphatic carbocycles. The lowest BCUT2D eigenvalue weighted by atomic mass is 10.0. The topological polar surface area (TPSA) is 29.1 Å². The Morgan fingerprint density at radius 3 is 2.52 bits per heavy atom. The summed E-state index contributed by atoms with van der Waals surface area (Å²) in [7, 11) is 0. The Bertz CT molecular complexity index is 888. The molecule has 3 rings (SSSR count). The summed E-state index contributed by atoms with van der Waals surface area (Å²) in [6, 6.07) is 20.2. The van der Waals surface area contributed by atoms with E-state index in [2.05, 4.69) is 23.5 Å². The Morgan fingerprint density at radius 1 is 0.913 bits per heavy atom. The summed E-state index contributed by atoms with van der Waals surface area (Å²) in [6.45, 7) is 4.05. The summed E-state index contributed by atoms with van der Waals surface area (Å²) in [6.07, 6.45) is 3.45. The second kappa shape index (κ2) is 6.49. The van der Waals surface area contributed by atoms with Crippen molar-refractivity contribution < 1.29 is 4.79 Å².